The van der Waals surface area contributed by atoms with E-state index < -0.39 is 10.2 Å². The topological polar surface area (TPSA) is 58.6 Å². The van der Waals surface area contributed by atoms with Crippen LogP contribution in [0.15, 0.2) is 12.2 Å². The molecule has 0 aliphatic carbocycles. The predicted molar refractivity (Wildman–Crippen MR) is 72.6 cm³/mol. The summed E-state index contributed by atoms with van der Waals surface area (Å²) < 4.78 is 33.3. The SMILES string of the molecule is C=C(C)COCCNS(=O)(=O)N1CCCCCC1. The van der Waals surface area contributed by atoms with Gasteiger partial charge in [-0.1, -0.05) is 25.0 Å². The molecule has 1 heterocycles. The van der Waals surface area contributed by atoms with E-state index in [0.29, 0.717) is 32.8 Å². The van der Waals surface area contributed by atoms with Crippen LogP contribution in [-0.4, -0.2) is 45.6 Å². The number of ether oxygens (including phenoxy) is 1. The van der Waals surface area contributed by atoms with E-state index >= 15 is 0 Å². The van der Waals surface area contributed by atoms with Crippen LogP contribution in [0.3, 0.4) is 0 Å². The third-order valence-corrected chi connectivity index (χ3v) is 4.40. The number of rotatable bonds is 7. The summed E-state index contributed by atoms with van der Waals surface area (Å²) >= 11 is 0. The Balaban J connectivity index is 2.27. The van der Waals surface area contributed by atoms with E-state index in [4.69, 9.17) is 4.74 Å². The first kappa shape index (κ1) is 15.6. The smallest absolute Gasteiger partial charge is 0.279 e. The van der Waals surface area contributed by atoms with Crippen LogP contribution in [0.2, 0.25) is 0 Å². The summed E-state index contributed by atoms with van der Waals surface area (Å²) in [5, 5.41) is 0. The molecule has 0 saturated carbocycles. The van der Waals surface area contributed by atoms with Gasteiger partial charge < -0.3 is 4.74 Å². The van der Waals surface area contributed by atoms with Gasteiger partial charge in [-0.3, -0.25) is 0 Å². The van der Waals surface area contributed by atoms with Gasteiger partial charge >= 0.3 is 0 Å². The Labute approximate surface area is 110 Å². The quantitative estimate of drug-likeness (QED) is 0.563. The summed E-state index contributed by atoms with van der Waals surface area (Å²) in [7, 11) is -3.33. The monoisotopic (exact) mass is 276 g/mol. The minimum absolute atomic E-state index is 0.312. The van der Waals surface area contributed by atoms with E-state index in [1.165, 1.54) is 0 Å². The van der Waals surface area contributed by atoms with E-state index in [9.17, 15) is 8.42 Å². The van der Waals surface area contributed by atoms with Gasteiger partial charge in [0.25, 0.3) is 10.2 Å². The van der Waals surface area contributed by atoms with Crippen LogP contribution in [0.5, 0.6) is 0 Å². The molecule has 0 radical (unpaired) electrons. The average Bonchev–Trinajstić information content (AvgIpc) is 2.56. The van der Waals surface area contributed by atoms with Crippen molar-refractivity contribution in [2.45, 2.75) is 32.6 Å². The molecule has 1 N–H and O–H groups in total. The third-order valence-electron chi connectivity index (χ3n) is 2.78. The molecule has 1 aliphatic heterocycles. The summed E-state index contributed by atoms with van der Waals surface area (Å²) in [6.45, 7) is 8.01. The number of nitrogens with zero attached hydrogens (tertiary/aromatic N) is 1. The zero-order valence-electron chi connectivity index (χ0n) is 11.2. The Kier molecular flexibility index (Phi) is 6.85. The molecule has 6 heteroatoms. The lowest BCUT2D eigenvalue weighted by Gasteiger charge is -2.20. The normalized spacial score (nSPS) is 18.5. The highest BCUT2D eigenvalue weighted by Crippen LogP contribution is 2.12. The second-order valence-electron chi connectivity index (χ2n) is 4.72. The summed E-state index contributed by atoms with van der Waals surface area (Å²) in [6.07, 6.45) is 4.14. The van der Waals surface area contributed by atoms with Crippen molar-refractivity contribution in [3.05, 3.63) is 12.2 Å². The Morgan fingerprint density at radius 3 is 2.44 bits per heavy atom. The van der Waals surface area contributed by atoms with Crippen LogP contribution >= 0.6 is 0 Å². The molecule has 5 nitrogen and oxygen atoms in total. The Morgan fingerprint density at radius 2 is 1.89 bits per heavy atom. The van der Waals surface area contributed by atoms with Crippen molar-refractivity contribution in [1.82, 2.24) is 9.03 Å². The molecular weight excluding hydrogens is 252 g/mol. The van der Waals surface area contributed by atoms with Crippen molar-refractivity contribution in [2.24, 2.45) is 0 Å². The molecule has 1 saturated heterocycles. The zero-order valence-corrected chi connectivity index (χ0v) is 12.0. The van der Waals surface area contributed by atoms with E-state index in [0.717, 1.165) is 31.3 Å². The summed E-state index contributed by atoms with van der Waals surface area (Å²) in [5.74, 6) is 0. The molecule has 0 bridgehead atoms. The second kappa shape index (κ2) is 7.89. The van der Waals surface area contributed by atoms with Gasteiger partial charge in [-0.15, -0.1) is 0 Å². The molecular formula is C12H24N2O3S. The maximum absolute atomic E-state index is 12.0. The van der Waals surface area contributed by atoms with Crippen LogP contribution < -0.4 is 4.72 Å². The molecule has 0 aromatic heterocycles. The van der Waals surface area contributed by atoms with E-state index in [1.807, 2.05) is 6.92 Å². The van der Waals surface area contributed by atoms with Crippen LogP contribution in [-0.2, 0) is 14.9 Å². The zero-order chi connectivity index (χ0) is 13.4. The van der Waals surface area contributed by atoms with E-state index in [2.05, 4.69) is 11.3 Å². The summed E-state index contributed by atoms with van der Waals surface area (Å²) in [5.41, 5.74) is 0.936. The van der Waals surface area contributed by atoms with Gasteiger partial charge in [0.1, 0.15) is 0 Å². The van der Waals surface area contributed by atoms with Gasteiger partial charge in [-0.05, 0) is 19.8 Å². The van der Waals surface area contributed by atoms with Gasteiger partial charge in [0.2, 0.25) is 0 Å². The van der Waals surface area contributed by atoms with Crippen LogP contribution in [0.4, 0.5) is 0 Å². The lowest BCUT2D eigenvalue weighted by Crippen LogP contribution is -2.42. The molecule has 106 valence electrons. The predicted octanol–water partition coefficient (Wildman–Crippen LogP) is 1.29. The third kappa shape index (κ3) is 5.95. The maximum Gasteiger partial charge on any atom is 0.279 e. The van der Waals surface area contributed by atoms with Crippen molar-refractivity contribution in [1.29, 1.82) is 0 Å². The van der Waals surface area contributed by atoms with Crippen LogP contribution in [0.25, 0.3) is 0 Å². The minimum Gasteiger partial charge on any atom is -0.376 e. The van der Waals surface area contributed by atoms with Gasteiger partial charge in [0.05, 0.1) is 13.2 Å². The average molecular weight is 276 g/mol. The van der Waals surface area contributed by atoms with Crippen molar-refractivity contribution >= 4 is 10.2 Å². The first-order chi connectivity index (χ1) is 8.52. The molecule has 0 amide bonds. The van der Waals surface area contributed by atoms with Crippen molar-refractivity contribution in [2.75, 3.05) is 32.8 Å². The number of hydrogen-bond donors (Lipinski definition) is 1. The minimum atomic E-state index is -3.33. The summed E-state index contributed by atoms with van der Waals surface area (Å²) in [4.78, 5) is 0. The molecule has 18 heavy (non-hydrogen) atoms. The highest BCUT2D eigenvalue weighted by atomic mass is 32.2. The van der Waals surface area contributed by atoms with Crippen molar-refractivity contribution < 1.29 is 13.2 Å². The largest absolute Gasteiger partial charge is 0.376 e. The first-order valence-corrected chi connectivity index (χ1v) is 7.93. The number of hydrogen-bond acceptors (Lipinski definition) is 3. The van der Waals surface area contributed by atoms with Gasteiger partial charge in [0.15, 0.2) is 0 Å². The number of nitrogens with one attached hydrogen (secondary N) is 1. The molecule has 0 unspecified atom stereocenters. The molecule has 0 spiro atoms. The molecule has 1 rings (SSSR count). The molecule has 0 aromatic carbocycles. The molecule has 1 fully saturated rings. The molecule has 0 aromatic rings. The summed E-state index contributed by atoms with van der Waals surface area (Å²) in [6, 6.07) is 0. The fourth-order valence-electron chi connectivity index (χ4n) is 1.86. The Hall–Kier alpha value is -0.430. The highest BCUT2D eigenvalue weighted by Gasteiger charge is 2.21. The second-order valence-corrected chi connectivity index (χ2v) is 6.48. The fourth-order valence-corrected chi connectivity index (χ4v) is 3.13. The Bertz CT molecular complexity index is 346. The lowest BCUT2D eigenvalue weighted by molar-refractivity contribution is 0.161. The van der Waals surface area contributed by atoms with Crippen LogP contribution in [0.1, 0.15) is 32.6 Å². The fraction of sp³-hybridized carbons (Fsp3) is 0.833. The van der Waals surface area contributed by atoms with Gasteiger partial charge in [-0.2, -0.15) is 17.4 Å². The van der Waals surface area contributed by atoms with Crippen molar-refractivity contribution in [3.63, 3.8) is 0 Å². The molecule has 1 aliphatic rings. The maximum atomic E-state index is 12.0. The van der Waals surface area contributed by atoms with E-state index in [1.54, 1.807) is 4.31 Å². The van der Waals surface area contributed by atoms with Crippen LogP contribution in [0, 0.1) is 0 Å². The van der Waals surface area contributed by atoms with Gasteiger partial charge in [-0.25, -0.2) is 0 Å². The van der Waals surface area contributed by atoms with Gasteiger partial charge in [0, 0.05) is 19.6 Å². The lowest BCUT2D eigenvalue weighted by atomic mass is 10.2. The first-order valence-electron chi connectivity index (χ1n) is 6.49. The van der Waals surface area contributed by atoms with Crippen molar-refractivity contribution in [3.8, 4) is 0 Å². The highest BCUT2D eigenvalue weighted by molar-refractivity contribution is 7.87. The Morgan fingerprint density at radius 1 is 1.28 bits per heavy atom. The standard InChI is InChI=1S/C12H24N2O3S/c1-12(2)11-17-10-7-13-18(15,16)14-8-5-3-4-6-9-14/h13H,1,3-11H2,2H3. The van der Waals surface area contributed by atoms with E-state index in [-0.39, 0.29) is 0 Å². The molecule has 0 atom stereocenters.